The van der Waals surface area contributed by atoms with E-state index < -0.39 is 0 Å². The van der Waals surface area contributed by atoms with Crippen LogP contribution in [-0.2, 0) is 6.54 Å². The predicted molar refractivity (Wildman–Crippen MR) is 90.5 cm³/mol. The summed E-state index contributed by atoms with van der Waals surface area (Å²) in [5.41, 5.74) is 1.10. The number of hydrogen-bond acceptors (Lipinski definition) is 2. The predicted octanol–water partition coefficient (Wildman–Crippen LogP) is 2.20. The molecule has 114 valence electrons. The number of benzene rings is 2. The van der Waals surface area contributed by atoms with E-state index in [4.69, 9.17) is 0 Å². The maximum absolute atomic E-state index is 11.7. The first-order valence-corrected chi connectivity index (χ1v) is 7.25. The highest BCUT2D eigenvalue weighted by Crippen LogP contribution is 2.17. The Balaban J connectivity index is 1.84. The maximum atomic E-state index is 11.7. The summed E-state index contributed by atoms with van der Waals surface area (Å²) in [6.45, 7) is 1.55. The largest absolute Gasteiger partial charge is 0.334 e. The summed E-state index contributed by atoms with van der Waals surface area (Å²) >= 11 is 0. The summed E-state index contributed by atoms with van der Waals surface area (Å²) in [7, 11) is 3.91. The average Bonchev–Trinajstić information content (AvgIpc) is 2.52. The molecule has 0 atom stereocenters. The van der Waals surface area contributed by atoms with E-state index in [1.54, 1.807) is 0 Å². The van der Waals surface area contributed by atoms with E-state index in [0.29, 0.717) is 19.6 Å². The van der Waals surface area contributed by atoms with Crippen molar-refractivity contribution in [2.24, 2.45) is 0 Å². The molecule has 22 heavy (non-hydrogen) atoms. The molecule has 0 heterocycles. The fraction of sp³-hybridized carbons (Fsp3) is 0.278. The van der Waals surface area contributed by atoms with Crippen molar-refractivity contribution in [3.63, 3.8) is 0 Å². The molecule has 2 N–H and O–H groups in total. The molecule has 0 bridgehead atoms. The Morgan fingerprint density at radius 1 is 1.05 bits per heavy atom. The van der Waals surface area contributed by atoms with Gasteiger partial charge < -0.3 is 10.6 Å². The second-order valence-electron chi connectivity index (χ2n) is 5.27. The average molecular weight is 295 g/mol. The molecule has 0 aliphatic heterocycles. The van der Waals surface area contributed by atoms with E-state index in [9.17, 15) is 4.79 Å². The Kier molecular flexibility index (Phi) is 5.81. The van der Waals surface area contributed by atoms with Crippen LogP contribution in [0.25, 0.3) is 10.8 Å². The van der Waals surface area contributed by atoms with Crippen molar-refractivity contribution in [1.82, 2.24) is 15.5 Å². The number of nitrogens with one attached hydrogen (secondary N) is 2. The first kappa shape index (κ1) is 15.9. The molecule has 2 aromatic carbocycles. The van der Waals surface area contributed by atoms with Gasteiger partial charge in [-0.2, -0.15) is 0 Å². The SMILES string of the molecule is CN(C)CC#CCNC(=O)NCc1cccc2ccccc12. The third kappa shape index (κ3) is 4.80. The van der Waals surface area contributed by atoms with Crippen molar-refractivity contribution in [3.8, 4) is 11.8 Å². The molecular weight excluding hydrogens is 274 g/mol. The Morgan fingerprint density at radius 3 is 2.64 bits per heavy atom. The standard InChI is InChI=1S/C18H21N3O/c1-21(2)13-6-5-12-19-18(22)20-14-16-10-7-9-15-8-3-4-11-17(15)16/h3-4,7-11H,12-14H2,1-2H3,(H2,19,20,22). The minimum absolute atomic E-state index is 0.202. The van der Waals surface area contributed by atoms with E-state index in [-0.39, 0.29) is 6.03 Å². The minimum Gasteiger partial charge on any atom is -0.334 e. The number of nitrogens with zero attached hydrogens (tertiary/aromatic N) is 1. The van der Waals surface area contributed by atoms with Gasteiger partial charge in [-0.3, -0.25) is 4.90 Å². The molecule has 0 radical (unpaired) electrons. The van der Waals surface area contributed by atoms with Crippen LogP contribution in [0.15, 0.2) is 42.5 Å². The molecule has 2 rings (SSSR count). The van der Waals surface area contributed by atoms with Gasteiger partial charge in [0.2, 0.25) is 0 Å². The zero-order chi connectivity index (χ0) is 15.8. The Labute approximate surface area is 131 Å². The minimum atomic E-state index is -0.202. The summed E-state index contributed by atoms with van der Waals surface area (Å²) in [4.78, 5) is 13.7. The summed E-state index contributed by atoms with van der Waals surface area (Å²) in [6, 6.07) is 14.1. The van der Waals surface area contributed by atoms with Crippen LogP contribution in [0, 0.1) is 11.8 Å². The van der Waals surface area contributed by atoms with E-state index in [1.807, 2.05) is 43.3 Å². The lowest BCUT2D eigenvalue weighted by atomic mass is 10.0. The molecule has 0 aromatic heterocycles. The van der Waals surface area contributed by atoms with Crippen molar-refractivity contribution in [2.45, 2.75) is 6.54 Å². The summed E-state index contributed by atoms with van der Waals surface area (Å²) < 4.78 is 0. The topological polar surface area (TPSA) is 44.4 Å². The van der Waals surface area contributed by atoms with Crippen LogP contribution in [0.5, 0.6) is 0 Å². The number of carbonyl (C=O) groups excluding carboxylic acids is 1. The lowest BCUT2D eigenvalue weighted by molar-refractivity contribution is 0.241. The van der Waals surface area contributed by atoms with E-state index in [0.717, 1.165) is 10.9 Å². The first-order chi connectivity index (χ1) is 10.7. The molecule has 0 aliphatic carbocycles. The van der Waals surface area contributed by atoms with E-state index in [2.05, 4.69) is 40.7 Å². The van der Waals surface area contributed by atoms with Crippen molar-refractivity contribution in [1.29, 1.82) is 0 Å². The van der Waals surface area contributed by atoms with Crippen molar-refractivity contribution < 1.29 is 4.79 Å². The lowest BCUT2D eigenvalue weighted by Gasteiger charge is -2.08. The van der Waals surface area contributed by atoms with Gasteiger partial charge in [-0.05, 0) is 30.4 Å². The molecule has 4 nitrogen and oxygen atoms in total. The van der Waals surface area contributed by atoms with Crippen LogP contribution in [0.1, 0.15) is 5.56 Å². The molecule has 0 spiro atoms. The van der Waals surface area contributed by atoms with Crippen LogP contribution in [-0.4, -0.2) is 38.1 Å². The number of amides is 2. The maximum Gasteiger partial charge on any atom is 0.315 e. The quantitative estimate of drug-likeness (QED) is 0.849. The van der Waals surface area contributed by atoms with Gasteiger partial charge in [0.25, 0.3) is 0 Å². The Morgan fingerprint density at radius 2 is 1.82 bits per heavy atom. The van der Waals surface area contributed by atoms with Gasteiger partial charge in [0, 0.05) is 6.54 Å². The van der Waals surface area contributed by atoms with E-state index >= 15 is 0 Å². The third-order valence-electron chi connectivity index (χ3n) is 3.18. The second-order valence-corrected chi connectivity index (χ2v) is 5.27. The van der Waals surface area contributed by atoms with Gasteiger partial charge in [0.1, 0.15) is 0 Å². The summed E-state index contributed by atoms with van der Waals surface area (Å²) in [6.07, 6.45) is 0. The van der Waals surface area contributed by atoms with Gasteiger partial charge in [0.05, 0.1) is 13.1 Å². The van der Waals surface area contributed by atoms with Gasteiger partial charge in [-0.1, -0.05) is 54.3 Å². The second kappa shape index (κ2) is 8.06. The molecule has 2 aromatic rings. The molecule has 0 fully saturated rings. The number of carbonyl (C=O) groups is 1. The van der Waals surface area contributed by atoms with Crippen molar-refractivity contribution >= 4 is 16.8 Å². The zero-order valence-corrected chi connectivity index (χ0v) is 13.0. The normalized spacial score (nSPS) is 10.1. The third-order valence-corrected chi connectivity index (χ3v) is 3.18. The van der Waals surface area contributed by atoms with Crippen LogP contribution in [0.3, 0.4) is 0 Å². The molecule has 0 unspecified atom stereocenters. The highest BCUT2D eigenvalue weighted by Gasteiger charge is 2.02. The van der Waals surface area contributed by atoms with Gasteiger partial charge in [-0.25, -0.2) is 4.79 Å². The Hall–Kier alpha value is -2.51. The number of fused-ring (bicyclic) bond motifs is 1. The van der Waals surface area contributed by atoms with Gasteiger partial charge in [0.15, 0.2) is 0 Å². The van der Waals surface area contributed by atoms with Crippen LogP contribution >= 0.6 is 0 Å². The number of rotatable bonds is 4. The number of urea groups is 1. The smallest absolute Gasteiger partial charge is 0.315 e. The summed E-state index contributed by atoms with van der Waals surface area (Å²) in [5, 5.41) is 7.94. The van der Waals surface area contributed by atoms with Crippen molar-refractivity contribution in [2.75, 3.05) is 27.2 Å². The molecule has 0 saturated carbocycles. The highest BCUT2D eigenvalue weighted by molar-refractivity contribution is 5.86. The lowest BCUT2D eigenvalue weighted by Crippen LogP contribution is -2.35. The van der Waals surface area contributed by atoms with E-state index in [1.165, 1.54) is 5.39 Å². The molecule has 4 heteroatoms. The molecule has 0 aliphatic rings. The monoisotopic (exact) mass is 295 g/mol. The first-order valence-electron chi connectivity index (χ1n) is 7.25. The van der Waals surface area contributed by atoms with Crippen LogP contribution in [0.2, 0.25) is 0 Å². The van der Waals surface area contributed by atoms with Gasteiger partial charge in [-0.15, -0.1) is 0 Å². The molecule has 0 saturated heterocycles. The van der Waals surface area contributed by atoms with Crippen molar-refractivity contribution in [3.05, 3.63) is 48.0 Å². The zero-order valence-electron chi connectivity index (χ0n) is 13.0. The number of hydrogen-bond donors (Lipinski definition) is 2. The van der Waals surface area contributed by atoms with Gasteiger partial charge >= 0.3 is 6.03 Å². The van der Waals surface area contributed by atoms with Crippen LogP contribution < -0.4 is 10.6 Å². The van der Waals surface area contributed by atoms with Crippen LogP contribution in [0.4, 0.5) is 4.79 Å². The summed E-state index contributed by atoms with van der Waals surface area (Å²) in [5.74, 6) is 5.88. The fourth-order valence-electron chi connectivity index (χ4n) is 2.09. The Bertz CT molecular complexity index is 693. The molecule has 2 amide bonds. The highest BCUT2D eigenvalue weighted by atomic mass is 16.2. The fourth-order valence-corrected chi connectivity index (χ4v) is 2.09. The molecular formula is C18H21N3O.